The Bertz CT molecular complexity index is 1040. The average molecular weight is 292 g/mol. The van der Waals surface area contributed by atoms with Crippen molar-refractivity contribution in [2.75, 3.05) is 0 Å². The van der Waals surface area contributed by atoms with Crippen LogP contribution in [0.2, 0.25) is 0 Å². The largest absolute Gasteiger partial charge is 0.508 e. The predicted octanol–water partition coefficient (Wildman–Crippen LogP) is 4.22. The first-order valence-corrected chi connectivity index (χ1v) is 6.88. The van der Waals surface area contributed by atoms with Crippen molar-refractivity contribution < 1.29 is 13.9 Å². The van der Waals surface area contributed by atoms with Gasteiger partial charge in [0.25, 0.3) is 0 Å². The second-order valence-corrected chi connectivity index (χ2v) is 5.21. The summed E-state index contributed by atoms with van der Waals surface area (Å²) < 4.78 is 11.3. The molecule has 2 aromatic carbocycles. The van der Waals surface area contributed by atoms with E-state index < -0.39 is 0 Å². The number of aryl methyl sites for hydroxylation is 1. The molecule has 2 heterocycles. The highest BCUT2D eigenvalue weighted by atomic mass is 16.3. The van der Waals surface area contributed by atoms with E-state index in [-0.39, 0.29) is 11.2 Å². The lowest BCUT2D eigenvalue weighted by molar-refractivity contribution is 0.469. The van der Waals surface area contributed by atoms with Gasteiger partial charge in [-0.05, 0) is 31.2 Å². The molecule has 0 bridgehead atoms. The average Bonchev–Trinajstić information content (AvgIpc) is 2.95. The lowest BCUT2D eigenvalue weighted by Crippen LogP contribution is -2.04. The fourth-order valence-electron chi connectivity index (χ4n) is 2.61. The second kappa shape index (κ2) is 4.49. The van der Waals surface area contributed by atoms with Gasteiger partial charge < -0.3 is 13.9 Å². The van der Waals surface area contributed by atoms with E-state index in [4.69, 9.17) is 8.83 Å². The second-order valence-electron chi connectivity index (χ2n) is 5.21. The normalized spacial score (nSPS) is 11.3. The first kappa shape index (κ1) is 12.7. The number of rotatable bonds is 1. The molecule has 4 nitrogen and oxygen atoms in total. The van der Waals surface area contributed by atoms with E-state index in [1.807, 2.05) is 30.3 Å². The zero-order chi connectivity index (χ0) is 15.3. The number of benzene rings is 2. The molecular formula is C18H12O4. The van der Waals surface area contributed by atoms with Crippen LogP contribution >= 0.6 is 0 Å². The van der Waals surface area contributed by atoms with Gasteiger partial charge in [0.15, 0.2) is 0 Å². The Balaban J connectivity index is 2.01. The molecule has 0 unspecified atom stereocenters. The molecule has 4 rings (SSSR count). The number of fused-ring (bicyclic) bond motifs is 2. The minimum Gasteiger partial charge on any atom is -0.508 e. The van der Waals surface area contributed by atoms with Gasteiger partial charge in [0.2, 0.25) is 5.43 Å². The van der Waals surface area contributed by atoms with Gasteiger partial charge in [0, 0.05) is 10.9 Å². The SMILES string of the molecule is Cc1c(O)ccc2c(=O)c(-c3cc4ccccc4o3)coc12. The van der Waals surface area contributed by atoms with Gasteiger partial charge in [0.05, 0.1) is 5.39 Å². The van der Waals surface area contributed by atoms with E-state index >= 15 is 0 Å². The fourth-order valence-corrected chi connectivity index (χ4v) is 2.61. The van der Waals surface area contributed by atoms with Crippen molar-refractivity contribution in [3.8, 4) is 17.1 Å². The highest BCUT2D eigenvalue weighted by molar-refractivity contribution is 5.87. The number of furan rings is 1. The Morgan fingerprint density at radius 3 is 2.73 bits per heavy atom. The van der Waals surface area contributed by atoms with Gasteiger partial charge in [0.1, 0.15) is 34.5 Å². The smallest absolute Gasteiger partial charge is 0.203 e. The number of phenolic OH excluding ortho intramolecular Hbond substituents is 1. The van der Waals surface area contributed by atoms with Crippen molar-refractivity contribution in [2.24, 2.45) is 0 Å². The summed E-state index contributed by atoms with van der Waals surface area (Å²) in [4.78, 5) is 12.7. The van der Waals surface area contributed by atoms with Crippen molar-refractivity contribution in [1.29, 1.82) is 0 Å². The summed E-state index contributed by atoms with van der Waals surface area (Å²) in [6.45, 7) is 1.71. The highest BCUT2D eigenvalue weighted by Crippen LogP contribution is 2.29. The number of phenols is 1. The number of para-hydroxylation sites is 1. The molecule has 2 aromatic heterocycles. The topological polar surface area (TPSA) is 63.6 Å². The van der Waals surface area contributed by atoms with Crippen LogP contribution in [0, 0.1) is 6.92 Å². The molecule has 1 N–H and O–H groups in total. The number of hydrogen-bond donors (Lipinski definition) is 1. The van der Waals surface area contributed by atoms with Gasteiger partial charge in [-0.3, -0.25) is 4.79 Å². The van der Waals surface area contributed by atoms with Gasteiger partial charge in [-0.15, -0.1) is 0 Å². The van der Waals surface area contributed by atoms with E-state index in [9.17, 15) is 9.90 Å². The van der Waals surface area contributed by atoms with Crippen LogP contribution in [0.5, 0.6) is 5.75 Å². The summed E-state index contributed by atoms with van der Waals surface area (Å²) in [5.41, 5.74) is 1.85. The zero-order valence-corrected chi connectivity index (χ0v) is 11.8. The monoisotopic (exact) mass is 292 g/mol. The molecule has 108 valence electrons. The van der Waals surface area contributed by atoms with Gasteiger partial charge in [-0.1, -0.05) is 18.2 Å². The summed E-state index contributed by atoms with van der Waals surface area (Å²) in [6, 6.07) is 12.4. The standard InChI is InChI=1S/C18H12O4/c1-10-14(19)7-6-12-17(20)13(9-21-18(10)12)16-8-11-4-2-3-5-15(11)22-16/h2-9,19H,1H3. The Hall–Kier alpha value is -3.01. The lowest BCUT2D eigenvalue weighted by atomic mass is 10.1. The molecule has 0 fully saturated rings. The Kier molecular flexibility index (Phi) is 2.60. The van der Waals surface area contributed by atoms with E-state index in [1.165, 1.54) is 12.3 Å². The molecule has 0 saturated heterocycles. The van der Waals surface area contributed by atoms with E-state index in [0.717, 1.165) is 11.0 Å². The Labute approximate surface area is 125 Å². The van der Waals surface area contributed by atoms with Crippen LogP contribution < -0.4 is 5.43 Å². The molecule has 0 aliphatic heterocycles. The number of hydrogen-bond acceptors (Lipinski definition) is 4. The van der Waals surface area contributed by atoms with Crippen LogP contribution in [0.4, 0.5) is 0 Å². The third-order valence-corrected chi connectivity index (χ3v) is 3.85. The first-order chi connectivity index (χ1) is 10.6. The van der Waals surface area contributed by atoms with Crippen molar-refractivity contribution in [3.63, 3.8) is 0 Å². The molecule has 0 amide bonds. The van der Waals surface area contributed by atoms with Gasteiger partial charge in [-0.2, -0.15) is 0 Å². The third kappa shape index (κ3) is 1.74. The molecule has 0 aliphatic rings. The van der Waals surface area contributed by atoms with Gasteiger partial charge >= 0.3 is 0 Å². The minimum absolute atomic E-state index is 0.104. The first-order valence-electron chi connectivity index (χ1n) is 6.88. The summed E-state index contributed by atoms with van der Waals surface area (Å²) in [7, 11) is 0. The van der Waals surface area contributed by atoms with Crippen molar-refractivity contribution >= 4 is 21.9 Å². The fraction of sp³-hybridized carbons (Fsp3) is 0.0556. The predicted molar refractivity (Wildman–Crippen MR) is 84.1 cm³/mol. The van der Waals surface area contributed by atoms with Crippen molar-refractivity contribution in [3.05, 3.63) is 64.5 Å². The molecule has 4 heteroatoms. The highest BCUT2D eigenvalue weighted by Gasteiger charge is 2.15. The minimum atomic E-state index is -0.177. The molecule has 0 aliphatic carbocycles. The summed E-state index contributed by atoms with van der Waals surface area (Å²) in [6.07, 6.45) is 1.38. The summed E-state index contributed by atoms with van der Waals surface area (Å²) in [5, 5.41) is 11.1. The van der Waals surface area contributed by atoms with Crippen LogP contribution in [-0.2, 0) is 0 Å². The van der Waals surface area contributed by atoms with Crippen LogP contribution in [0.25, 0.3) is 33.3 Å². The quantitative estimate of drug-likeness (QED) is 0.570. The van der Waals surface area contributed by atoms with Crippen molar-refractivity contribution in [2.45, 2.75) is 6.92 Å². The molecule has 0 atom stereocenters. The van der Waals surface area contributed by atoms with E-state index in [0.29, 0.717) is 27.9 Å². The summed E-state index contributed by atoms with van der Waals surface area (Å²) in [5.74, 6) is 0.578. The molecule has 0 saturated carbocycles. The molecule has 0 spiro atoms. The van der Waals surface area contributed by atoms with Crippen LogP contribution in [-0.4, -0.2) is 5.11 Å². The molecular weight excluding hydrogens is 280 g/mol. The molecule has 4 aromatic rings. The molecule has 22 heavy (non-hydrogen) atoms. The number of aromatic hydroxyl groups is 1. The lowest BCUT2D eigenvalue weighted by Gasteiger charge is -2.04. The summed E-state index contributed by atoms with van der Waals surface area (Å²) >= 11 is 0. The zero-order valence-electron chi connectivity index (χ0n) is 11.8. The maximum atomic E-state index is 12.7. The van der Waals surface area contributed by atoms with Crippen LogP contribution in [0.1, 0.15) is 5.56 Å². The third-order valence-electron chi connectivity index (χ3n) is 3.85. The Morgan fingerprint density at radius 2 is 1.91 bits per heavy atom. The van der Waals surface area contributed by atoms with Crippen LogP contribution in [0.15, 0.2) is 62.4 Å². The molecule has 0 radical (unpaired) electrons. The Morgan fingerprint density at radius 1 is 1.09 bits per heavy atom. The maximum Gasteiger partial charge on any atom is 0.203 e. The van der Waals surface area contributed by atoms with E-state index in [1.54, 1.807) is 13.0 Å². The van der Waals surface area contributed by atoms with Crippen LogP contribution in [0.3, 0.4) is 0 Å². The van der Waals surface area contributed by atoms with Gasteiger partial charge in [-0.25, -0.2) is 0 Å². The van der Waals surface area contributed by atoms with E-state index in [2.05, 4.69) is 0 Å². The maximum absolute atomic E-state index is 12.7. The van der Waals surface area contributed by atoms with Crippen molar-refractivity contribution in [1.82, 2.24) is 0 Å².